The summed E-state index contributed by atoms with van der Waals surface area (Å²) >= 11 is 0. The molecule has 2 rings (SSSR count). The maximum Gasteiger partial charge on any atom is 0.120 e. The van der Waals surface area contributed by atoms with Gasteiger partial charge < -0.3 is 15.4 Å². The van der Waals surface area contributed by atoms with E-state index < -0.39 is 0 Å². The molecule has 1 aromatic rings. The zero-order valence-corrected chi connectivity index (χ0v) is 10.8. The number of anilines is 1. The standard InChI is InChI=1S/C14H22N2O/c1-16(10-11-4-3-5-11)14-8-13(17-2)7-6-12(14)9-15/h6-8,11H,3-5,9-10,15H2,1-2H3. The highest BCUT2D eigenvalue weighted by Gasteiger charge is 2.20. The minimum atomic E-state index is 0.578. The van der Waals surface area contributed by atoms with Gasteiger partial charge in [0.05, 0.1) is 7.11 Å². The van der Waals surface area contributed by atoms with E-state index >= 15 is 0 Å². The van der Waals surface area contributed by atoms with E-state index in [0.29, 0.717) is 6.54 Å². The maximum atomic E-state index is 5.79. The molecule has 1 aliphatic rings. The van der Waals surface area contributed by atoms with Crippen LogP contribution in [-0.4, -0.2) is 20.7 Å². The Bertz CT molecular complexity index is 374. The molecule has 1 aromatic carbocycles. The molecule has 0 spiro atoms. The van der Waals surface area contributed by atoms with Crippen LogP contribution in [0.1, 0.15) is 24.8 Å². The normalized spacial score (nSPS) is 15.5. The quantitative estimate of drug-likeness (QED) is 0.850. The monoisotopic (exact) mass is 234 g/mol. The average Bonchev–Trinajstić information content (AvgIpc) is 2.32. The summed E-state index contributed by atoms with van der Waals surface area (Å²) in [5.74, 6) is 1.76. The smallest absolute Gasteiger partial charge is 0.120 e. The molecular formula is C14H22N2O. The predicted molar refractivity (Wildman–Crippen MR) is 71.5 cm³/mol. The van der Waals surface area contributed by atoms with Gasteiger partial charge in [0.1, 0.15) is 5.75 Å². The van der Waals surface area contributed by atoms with Crippen molar-refractivity contribution in [3.8, 4) is 5.75 Å². The first-order valence-corrected chi connectivity index (χ1v) is 6.32. The lowest BCUT2D eigenvalue weighted by molar-refractivity contribution is 0.321. The third-order valence-corrected chi connectivity index (χ3v) is 3.68. The van der Waals surface area contributed by atoms with Crippen LogP contribution in [0.5, 0.6) is 5.75 Å². The van der Waals surface area contributed by atoms with Gasteiger partial charge >= 0.3 is 0 Å². The summed E-state index contributed by atoms with van der Waals surface area (Å²) in [7, 11) is 3.85. The lowest BCUT2D eigenvalue weighted by Gasteiger charge is -2.32. The number of nitrogens with two attached hydrogens (primary N) is 1. The number of benzene rings is 1. The Morgan fingerprint density at radius 1 is 1.41 bits per heavy atom. The van der Waals surface area contributed by atoms with Crippen molar-refractivity contribution in [3.63, 3.8) is 0 Å². The number of hydrogen-bond donors (Lipinski definition) is 1. The lowest BCUT2D eigenvalue weighted by Crippen LogP contribution is -2.30. The van der Waals surface area contributed by atoms with E-state index in [1.807, 2.05) is 6.07 Å². The van der Waals surface area contributed by atoms with E-state index in [4.69, 9.17) is 10.5 Å². The van der Waals surface area contributed by atoms with Gasteiger partial charge in [-0.3, -0.25) is 0 Å². The SMILES string of the molecule is COc1ccc(CN)c(N(C)CC2CCC2)c1. The van der Waals surface area contributed by atoms with Gasteiger partial charge in [0.25, 0.3) is 0 Å². The molecule has 0 amide bonds. The number of hydrogen-bond acceptors (Lipinski definition) is 3. The Morgan fingerprint density at radius 2 is 2.18 bits per heavy atom. The largest absolute Gasteiger partial charge is 0.497 e. The Hall–Kier alpha value is -1.22. The molecule has 17 heavy (non-hydrogen) atoms. The van der Waals surface area contributed by atoms with Gasteiger partial charge in [-0.15, -0.1) is 0 Å². The van der Waals surface area contributed by atoms with Crippen molar-refractivity contribution < 1.29 is 4.74 Å². The van der Waals surface area contributed by atoms with Gasteiger partial charge in [0.2, 0.25) is 0 Å². The average molecular weight is 234 g/mol. The highest BCUT2D eigenvalue weighted by atomic mass is 16.5. The van der Waals surface area contributed by atoms with Crippen molar-refractivity contribution in [3.05, 3.63) is 23.8 Å². The van der Waals surface area contributed by atoms with Crippen molar-refractivity contribution in [2.75, 3.05) is 25.6 Å². The molecule has 3 heteroatoms. The van der Waals surface area contributed by atoms with E-state index in [1.54, 1.807) is 7.11 Å². The summed E-state index contributed by atoms with van der Waals surface area (Å²) in [5.41, 5.74) is 8.18. The Balaban J connectivity index is 2.15. The van der Waals surface area contributed by atoms with Gasteiger partial charge in [0, 0.05) is 31.9 Å². The molecular weight excluding hydrogens is 212 g/mol. The van der Waals surface area contributed by atoms with Crippen LogP contribution in [0.3, 0.4) is 0 Å². The fraction of sp³-hybridized carbons (Fsp3) is 0.571. The van der Waals surface area contributed by atoms with E-state index in [-0.39, 0.29) is 0 Å². The Labute approximate surface area is 104 Å². The first kappa shape index (κ1) is 12.2. The molecule has 3 nitrogen and oxygen atoms in total. The molecule has 0 unspecified atom stereocenters. The van der Waals surface area contributed by atoms with E-state index in [1.165, 1.54) is 30.5 Å². The highest BCUT2D eigenvalue weighted by molar-refractivity contribution is 5.57. The second-order valence-corrected chi connectivity index (χ2v) is 4.88. The van der Waals surface area contributed by atoms with Gasteiger partial charge in [-0.05, 0) is 30.4 Å². The van der Waals surface area contributed by atoms with E-state index in [0.717, 1.165) is 18.2 Å². The number of nitrogens with zero attached hydrogens (tertiary/aromatic N) is 1. The highest BCUT2D eigenvalue weighted by Crippen LogP contribution is 2.31. The maximum absolute atomic E-state index is 5.79. The molecule has 0 aliphatic heterocycles. The third kappa shape index (κ3) is 2.72. The molecule has 0 heterocycles. The van der Waals surface area contributed by atoms with Gasteiger partial charge in [-0.25, -0.2) is 0 Å². The van der Waals surface area contributed by atoms with Gasteiger partial charge in [-0.2, -0.15) is 0 Å². The van der Waals surface area contributed by atoms with Crippen molar-refractivity contribution in [2.45, 2.75) is 25.8 Å². The summed E-state index contributed by atoms with van der Waals surface area (Å²) in [5, 5.41) is 0. The summed E-state index contributed by atoms with van der Waals surface area (Å²) < 4.78 is 5.28. The summed E-state index contributed by atoms with van der Waals surface area (Å²) in [6, 6.07) is 6.12. The first-order chi connectivity index (χ1) is 8.24. The third-order valence-electron chi connectivity index (χ3n) is 3.68. The molecule has 1 fully saturated rings. The molecule has 0 aromatic heterocycles. The molecule has 0 bridgehead atoms. The van der Waals surface area contributed by atoms with Crippen molar-refractivity contribution in [1.82, 2.24) is 0 Å². The Morgan fingerprint density at radius 3 is 2.71 bits per heavy atom. The first-order valence-electron chi connectivity index (χ1n) is 6.32. The van der Waals surface area contributed by atoms with Crippen LogP contribution in [0.15, 0.2) is 18.2 Å². The summed E-state index contributed by atoms with van der Waals surface area (Å²) in [6.07, 6.45) is 4.12. The lowest BCUT2D eigenvalue weighted by atomic mass is 9.85. The number of rotatable bonds is 5. The van der Waals surface area contributed by atoms with Crippen LogP contribution >= 0.6 is 0 Å². The number of ether oxygens (including phenoxy) is 1. The van der Waals surface area contributed by atoms with Crippen LogP contribution in [0.25, 0.3) is 0 Å². The fourth-order valence-corrected chi connectivity index (χ4v) is 2.36. The molecule has 2 N–H and O–H groups in total. The minimum absolute atomic E-state index is 0.578. The molecule has 0 atom stereocenters. The van der Waals surface area contributed by atoms with E-state index in [2.05, 4.69) is 24.1 Å². The zero-order valence-electron chi connectivity index (χ0n) is 10.8. The summed E-state index contributed by atoms with van der Waals surface area (Å²) in [4.78, 5) is 2.31. The predicted octanol–water partition coefficient (Wildman–Crippen LogP) is 2.39. The van der Waals surface area contributed by atoms with Crippen LogP contribution in [-0.2, 0) is 6.54 Å². The second-order valence-electron chi connectivity index (χ2n) is 4.88. The van der Waals surface area contributed by atoms with Crippen molar-refractivity contribution in [1.29, 1.82) is 0 Å². The molecule has 1 saturated carbocycles. The van der Waals surface area contributed by atoms with Crippen LogP contribution in [0, 0.1) is 5.92 Å². The van der Waals surface area contributed by atoms with Crippen LogP contribution in [0.4, 0.5) is 5.69 Å². The second kappa shape index (κ2) is 5.41. The topological polar surface area (TPSA) is 38.5 Å². The molecule has 0 saturated heterocycles. The van der Waals surface area contributed by atoms with Gasteiger partial charge in [-0.1, -0.05) is 12.5 Å². The zero-order chi connectivity index (χ0) is 12.3. The minimum Gasteiger partial charge on any atom is -0.497 e. The van der Waals surface area contributed by atoms with Crippen molar-refractivity contribution >= 4 is 5.69 Å². The van der Waals surface area contributed by atoms with Crippen LogP contribution < -0.4 is 15.4 Å². The fourth-order valence-electron chi connectivity index (χ4n) is 2.36. The Kier molecular flexibility index (Phi) is 3.89. The number of methoxy groups -OCH3 is 1. The molecule has 1 aliphatic carbocycles. The van der Waals surface area contributed by atoms with Crippen LogP contribution in [0.2, 0.25) is 0 Å². The molecule has 94 valence electrons. The van der Waals surface area contributed by atoms with E-state index in [9.17, 15) is 0 Å². The van der Waals surface area contributed by atoms with Crippen molar-refractivity contribution in [2.24, 2.45) is 11.7 Å². The summed E-state index contributed by atoms with van der Waals surface area (Å²) in [6.45, 7) is 1.70. The molecule has 0 radical (unpaired) electrons. The van der Waals surface area contributed by atoms with Gasteiger partial charge in [0.15, 0.2) is 0 Å².